The number of amides is 2. The smallest absolute Gasteiger partial charge is 0.407 e. The number of nitrogens with two attached hydrogens (primary N) is 1. The van der Waals surface area contributed by atoms with E-state index in [9.17, 15) is 9.59 Å². The second-order valence-electron chi connectivity index (χ2n) is 2.88. The minimum atomic E-state index is -1.05. The van der Waals surface area contributed by atoms with E-state index in [1.54, 1.807) is 0 Å². The maximum absolute atomic E-state index is 11.3. The first-order chi connectivity index (χ1) is 6.16. The highest BCUT2D eigenvalue weighted by Crippen LogP contribution is 2.16. The van der Waals surface area contributed by atoms with E-state index < -0.39 is 12.1 Å². The molecule has 7 heteroatoms. The monoisotopic (exact) mass is 223 g/mol. The van der Waals surface area contributed by atoms with Crippen LogP contribution in [0.25, 0.3) is 0 Å². The fourth-order valence-corrected chi connectivity index (χ4v) is 1.49. The molecule has 0 aliphatic carbocycles. The predicted octanol–water partition coefficient (Wildman–Crippen LogP) is -0.417. The van der Waals surface area contributed by atoms with Crippen LogP contribution >= 0.6 is 12.4 Å². The first-order valence-corrected chi connectivity index (χ1v) is 4.14. The molecule has 0 unspecified atom stereocenters. The lowest BCUT2D eigenvalue weighted by molar-refractivity contribution is -0.124. The van der Waals surface area contributed by atoms with E-state index in [1.807, 2.05) is 0 Å². The molecular weight excluding hydrogens is 210 g/mol. The van der Waals surface area contributed by atoms with Crippen LogP contribution in [0.4, 0.5) is 4.79 Å². The molecule has 0 aromatic heterocycles. The molecule has 1 atom stereocenters. The minimum absolute atomic E-state index is 0. The van der Waals surface area contributed by atoms with Crippen LogP contribution in [0.2, 0.25) is 0 Å². The molecule has 1 aliphatic heterocycles. The number of carbonyl (C=O) groups is 2. The van der Waals surface area contributed by atoms with Crippen molar-refractivity contribution in [2.24, 2.45) is 5.73 Å². The molecule has 1 fully saturated rings. The van der Waals surface area contributed by atoms with Crippen molar-refractivity contribution < 1.29 is 14.7 Å². The summed E-state index contributed by atoms with van der Waals surface area (Å²) >= 11 is 0. The second-order valence-corrected chi connectivity index (χ2v) is 2.88. The number of carboxylic acid groups (broad SMARTS) is 1. The summed E-state index contributed by atoms with van der Waals surface area (Å²) in [5.41, 5.74) is 5.12. The van der Waals surface area contributed by atoms with Crippen LogP contribution in [-0.4, -0.2) is 41.3 Å². The Hall–Kier alpha value is -1.01. The van der Waals surface area contributed by atoms with Crippen molar-refractivity contribution in [3.05, 3.63) is 0 Å². The van der Waals surface area contributed by atoms with E-state index in [1.165, 1.54) is 0 Å². The molecule has 0 bridgehead atoms. The van der Waals surface area contributed by atoms with Crippen LogP contribution in [-0.2, 0) is 4.79 Å². The zero-order chi connectivity index (χ0) is 9.84. The van der Waals surface area contributed by atoms with Crippen molar-refractivity contribution in [1.29, 1.82) is 0 Å². The van der Waals surface area contributed by atoms with E-state index in [0.717, 1.165) is 11.3 Å². The van der Waals surface area contributed by atoms with Gasteiger partial charge in [-0.3, -0.25) is 9.69 Å². The molecule has 14 heavy (non-hydrogen) atoms. The minimum Gasteiger partial charge on any atom is -0.465 e. The van der Waals surface area contributed by atoms with Gasteiger partial charge in [0.15, 0.2) is 0 Å². The summed E-state index contributed by atoms with van der Waals surface area (Å²) in [5, 5.41) is 11.1. The molecule has 0 radical (unpaired) electrons. The van der Waals surface area contributed by atoms with Crippen LogP contribution < -0.4 is 11.1 Å². The van der Waals surface area contributed by atoms with Crippen LogP contribution in [0, 0.1) is 0 Å². The molecule has 1 saturated heterocycles. The van der Waals surface area contributed by atoms with Gasteiger partial charge in [0.2, 0.25) is 5.91 Å². The Morgan fingerprint density at radius 3 is 2.71 bits per heavy atom. The molecule has 0 aromatic rings. The second kappa shape index (κ2) is 5.66. The molecular formula is C7H14ClN3O3. The summed E-state index contributed by atoms with van der Waals surface area (Å²) in [6, 6.07) is -0.555. The van der Waals surface area contributed by atoms with Gasteiger partial charge in [0.05, 0.1) is 6.67 Å². The summed E-state index contributed by atoms with van der Waals surface area (Å²) in [6.07, 6.45) is 0.266. The Morgan fingerprint density at radius 1 is 1.57 bits per heavy atom. The van der Waals surface area contributed by atoms with Crippen molar-refractivity contribution in [2.45, 2.75) is 18.9 Å². The first kappa shape index (κ1) is 13.0. The molecule has 1 rings (SSSR count). The van der Waals surface area contributed by atoms with E-state index >= 15 is 0 Å². The Morgan fingerprint density at radius 2 is 2.21 bits per heavy atom. The fraction of sp³-hybridized carbons (Fsp3) is 0.714. The summed E-state index contributed by atoms with van der Waals surface area (Å²) in [4.78, 5) is 23.0. The molecule has 2 amide bonds. The molecule has 1 heterocycles. The van der Waals surface area contributed by atoms with E-state index in [2.05, 4.69) is 5.32 Å². The lowest BCUT2D eigenvalue weighted by Crippen LogP contribution is -2.46. The maximum atomic E-state index is 11.3. The highest BCUT2D eigenvalue weighted by atomic mass is 35.5. The van der Waals surface area contributed by atoms with E-state index in [0.29, 0.717) is 13.0 Å². The predicted molar refractivity (Wildman–Crippen MR) is 52.2 cm³/mol. The number of rotatable bonds is 2. The summed E-state index contributed by atoms with van der Waals surface area (Å²) in [7, 11) is 0. The van der Waals surface area contributed by atoms with Crippen LogP contribution in [0.3, 0.4) is 0 Å². The number of likely N-dealkylation sites (tertiary alicyclic amines) is 1. The topological polar surface area (TPSA) is 95.7 Å². The van der Waals surface area contributed by atoms with Gasteiger partial charge in [-0.2, -0.15) is 0 Å². The molecule has 0 saturated carbocycles. The lowest BCUT2D eigenvalue weighted by Gasteiger charge is -2.19. The van der Waals surface area contributed by atoms with Crippen LogP contribution in [0.1, 0.15) is 12.8 Å². The molecule has 82 valence electrons. The van der Waals surface area contributed by atoms with Crippen LogP contribution in [0.15, 0.2) is 0 Å². The Kier molecular flexibility index (Phi) is 5.26. The Balaban J connectivity index is 0.00000169. The number of nitrogens with zero attached hydrogens (tertiary/aromatic N) is 1. The van der Waals surface area contributed by atoms with Crippen molar-refractivity contribution in [3.63, 3.8) is 0 Å². The lowest BCUT2D eigenvalue weighted by atomic mass is 10.2. The van der Waals surface area contributed by atoms with Gasteiger partial charge in [0, 0.05) is 6.54 Å². The van der Waals surface area contributed by atoms with Gasteiger partial charge in [-0.25, -0.2) is 4.79 Å². The zero-order valence-corrected chi connectivity index (χ0v) is 8.42. The number of hydrogen-bond acceptors (Lipinski definition) is 3. The quantitative estimate of drug-likeness (QED) is 0.555. The van der Waals surface area contributed by atoms with Gasteiger partial charge >= 0.3 is 6.09 Å². The molecule has 0 spiro atoms. The van der Waals surface area contributed by atoms with Gasteiger partial charge in [-0.1, -0.05) is 0 Å². The highest BCUT2D eigenvalue weighted by molar-refractivity contribution is 5.86. The molecule has 0 aromatic carbocycles. The third kappa shape index (κ3) is 2.74. The first-order valence-electron chi connectivity index (χ1n) is 4.14. The highest BCUT2D eigenvalue weighted by Gasteiger charge is 2.33. The normalized spacial score (nSPS) is 20.1. The number of halogens is 1. The van der Waals surface area contributed by atoms with E-state index in [-0.39, 0.29) is 25.0 Å². The van der Waals surface area contributed by atoms with Crippen LogP contribution in [0.5, 0.6) is 0 Å². The van der Waals surface area contributed by atoms with Crippen molar-refractivity contribution in [3.8, 4) is 0 Å². The van der Waals surface area contributed by atoms with Crippen molar-refractivity contribution >= 4 is 24.4 Å². The standard InChI is InChI=1S/C7H13N3O3.ClH/c8-4-9-6(11)5-2-1-3-10(5)7(12)13;/h5H,1-4,8H2,(H,9,11)(H,12,13);1H/t5-;/m0./s1. The molecule has 1 aliphatic rings. The average Bonchev–Trinajstić information content (AvgIpc) is 2.52. The Labute approximate surface area is 87.8 Å². The van der Waals surface area contributed by atoms with Gasteiger partial charge in [-0.05, 0) is 12.8 Å². The third-order valence-corrected chi connectivity index (χ3v) is 2.08. The zero-order valence-electron chi connectivity index (χ0n) is 7.60. The van der Waals surface area contributed by atoms with Gasteiger partial charge in [0.1, 0.15) is 6.04 Å². The van der Waals surface area contributed by atoms with Crippen molar-refractivity contribution in [2.75, 3.05) is 13.2 Å². The fourth-order valence-electron chi connectivity index (χ4n) is 1.49. The SMILES string of the molecule is Cl.NCNC(=O)[C@@H]1CCCN1C(=O)O. The Bertz CT molecular complexity index is 224. The van der Waals surface area contributed by atoms with Gasteiger partial charge in [0.25, 0.3) is 0 Å². The molecule has 4 N–H and O–H groups in total. The summed E-state index contributed by atoms with van der Waals surface area (Å²) in [6.45, 7) is 0.473. The summed E-state index contributed by atoms with van der Waals surface area (Å²) in [5.74, 6) is -0.303. The third-order valence-electron chi connectivity index (χ3n) is 2.08. The molecule has 6 nitrogen and oxygen atoms in total. The van der Waals surface area contributed by atoms with Gasteiger partial charge in [-0.15, -0.1) is 12.4 Å². The average molecular weight is 224 g/mol. The number of hydrogen-bond donors (Lipinski definition) is 3. The number of carbonyl (C=O) groups excluding carboxylic acids is 1. The maximum Gasteiger partial charge on any atom is 0.407 e. The van der Waals surface area contributed by atoms with Gasteiger partial charge < -0.3 is 16.2 Å². The van der Waals surface area contributed by atoms with E-state index in [4.69, 9.17) is 10.8 Å². The van der Waals surface area contributed by atoms with Crippen molar-refractivity contribution in [1.82, 2.24) is 10.2 Å². The largest absolute Gasteiger partial charge is 0.465 e. The summed E-state index contributed by atoms with van der Waals surface area (Å²) < 4.78 is 0. The number of nitrogens with one attached hydrogen (secondary N) is 1.